The van der Waals surface area contributed by atoms with Crippen LogP contribution >= 0.6 is 0 Å². The second-order valence-electron chi connectivity index (χ2n) is 5.43. The topological polar surface area (TPSA) is 29.3 Å². The summed E-state index contributed by atoms with van der Waals surface area (Å²) in [5, 5.41) is 0. The molecule has 2 heteroatoms. The Bertz CT molecular complexity index is 175. The summed E-state index contributed by atoms with van der Waals surface area (Å²) in [5.74, 6) is 0. The molecule has 0 spiro atoms. The average molecular weight is 212 g/mol. The standard InChI is InChI=1S/C13H28N2/c1-4-9-15(10-5-2)11-13(3)8-6-7-12(13)14/h12H,4-11,14H2,1-3H3. The van der Waals surface area contributed by atoms with Crippen molar-refractivity contribution in [2.45, 2.75) is 58.9 Å². The van der Waals surface area contributed by atoms with Crippen LogP contribution in [-0.4, -0.2) is 30.6 Å². The monoisotopic (exact) mass is 212 g/mol. The summed E-state index contributed by atoms with van der Waals surface area (Å²) in [4.78, 5) is 2.60. The molecule has 0 amide bonds. The van der Waals surface area contributed by atoms with Crippen molar-refractivity contribution in [1.29, 1.82) is 0 Å². The van der Waals surface area contributed by atoms with Crippen molar-refractivity contribution >= 4 is 0 Å². The predicted molar refractivity (Wildman–Crippen MR) is 67.0 cm³/mol. The molecule has 2 unspecified atom stereocenters. The van der Waals surface area contributed by atoms with Crippen LogP contribution in [-0.2, 0) is 0 Å². The van der Waals surface area contributed by atoms with Crippen molar-refractivity contribution < 1.29 is 0 Å². The first-order valence-corrected chi connectivity index (χ1v) is 6.60. The highest BCUT2D eigenvalue weighted by Crippen LogP contribution is 2.37. The van der Waals surface area contributed by atoms with Crippen molar-refractivity contribution in [3.8, 4) is 0 Å². The average Bonchev–Trinajstić information content (AvgIpc) is 2.48. The maximum Gasteiger partial charge on any atom is 0.0105 e. The minimum absolute atomic E-state index is 0.379. The lowest BCUT2D eigenvalue weighted by atomic mass is 9.84. The Morgan fingerprint density at radius 2 is 1.87 bits per heavy atom. The zero-order chi connectivity index (χ0) is 11.3. The summed E-state index contributed by atoms with van der Waals surface area (Å²) >= 11 is 0. The van der Waals surface area contributed by atoms with Crippen LogP contribution in [0, 0.1) is 5.41 Å². The van der Waals surface area contributed by atoms with Gasteiger partial charge in [0, 0.05) is 12.6 Å². The SMILES string of the molecule is CCCN(CCC)CC1(C)CCCC1N. The summed E-state index contributed by atoms with van der Waals surface area (Å²) in [6, 6.07) is 0.425. The first kappa shape index (κ1) is 13.0. The lowest BCUT2D eigenvalue weighted by Gasteiger charge is -2.35. The maximum absolute atomic E-state index is 6.23. The molecule has 1 saturated carbocycles. The van der Waals surface area contributed by atoms with E-state index in [1.165, 1.54) is 51.7 Å². The number of hydrogen-bond acceptors (Lipinski definition) is 2. The fourth-order valence-corrected chi connectivity index (χ4v) is 2.87. The molecule has 2 nitrogen and oxygen atoms in total. The zero-order valence-corrected chi connectivity index (χ0v) is 10.8. The third-order valence-corrected chi connectivity index (χ3v) is 3.82. The molecule has 0 radical (unpaired) electrons. The number of rotatable bonds is 6. The summed E-state index contributed by atoms with van der Waals surface area (Å²) in [6.45, 7) is 10.6. The van der Waals surface area contributed by atoms with E-state index in [4.69, 9.17) is 5.73 Å². The van der Waals surface area contributed by atoms with Gasteiger partial charge in [-0.1, -0.05) is 27.2 Å². The van der Waals surface area contributed by atoms with Gasteiger partial charge in [-0.2, -0.15) is 0 Å². The van der Waals surface area contributed by atoms with Crippen LogP contribution < -0.4 is 5.73 Å². The van der Waals surface area contributed by atoms with Crippen molar-refractivity contribution in [2.24, 2.45) is 11.1 Å². The number of nitrogens with zero attached hydrogens (tertiary/aromatic N) is 1. The predicted octanol–water partition coefficient (Wildman–Crippen LogP) is 2.63. The minimum Gasteiger partial charge on any atom is -0.327 e. The van der Waals surface area contributed by atoms with E-state index in [1.807, 2.05) is 0 Å². The molecule has 1 aliphatic carbocycles. The van der Waals surface area contributed by atoms with E-state index in [0.29, 0.717) is 11.5 Å². The van der Waals surface area contributed by atoms with Crippen LogP contribution in [0.4, 0.5) is 0 Å². The molecule has 0 bridgehead atoms. The van der Waals surface area contributed by atoms with Crippen LogP contribution in [0.25, 0.3) is 0 Å². The van der Waals surface area contributed by atoms with Gasteiger partial charge in [-0.15, -0.1) is 0 Å². The lowest BCUT2D eigenvalue weighted by molar-refractivity contribution is 0.153. The molecular formula is C13H28N2. The second kappa shape index (κ2) is 5.86. The Morgan fingerprint density at radius 1 is 1.27 bits per heavy atom. The van der Waals surface area contributed by atoms with Crippen molar-refractivity contribution in [3.05, 3.63) is 0 Å². The van der Waals surface area contributed by atoms with Crippen LogP contribution in [0.1, 0.15) is 52.9 Å². The summed E-state index contributed by atoms with van der Waals surface area (Å²) in [7, 11) is 0. The highest BCUT2D eigenvalue weighted by molar-refractivity contribution is 4.93. The van der Waals surface area contributed by atoms with Gasteiger partial charge < -0.3 is 10.6 Å². The normalized spacial score (nSPS) is 31.4. The third-order valence-electron chi connectivity index (χ3n) is 3.82. The maximum atomic E-state index is 6.23. The zero-order valence-electron chi connectivity index (χ0n) is 10.8. The highest BCUT2D eigenvalue weighted by atomic mass is 15.1. The lowest BCUT2D eigenvalue weighted by Crippen LogP contribution is -2.44. The molecule has 0 aromatic carbocycles. The molecule has 0 aromatic rings. The molecule has 15 heavy (non-hydrogen) atoms. The van der Waals surface area contributed by atoms with Gasteiger partial charge in [-0.3, -0.25) is 0 Å². The van der Waals surface area contributed by atoms with E-state index in [2.05, 4.69) is 25.7 Å². The first-order valence-electron chi connectivity index (χ1n) is 6.60. The smallest absolute Gasteiger partial charge is 0.0105 e. The van der Waals surface area contributed by atoms with Gasteiger partial charge in [0.05, 0.1) is 0 Å². The number of hydrogen-bond donors (Lipinski definition) is 1. The fourth-order valence-electron chi connectivity index (χ4n) is 2.87. The largest absolute Gasteiger partial charge is 0.327 e. The van der Waals surface area contributed by atoms with Gasteiger partial charge in [-0.05, 0) is 44.2 Å². The van der Waals surface area contributed by atoms with Gasteiger partial charge in [0.2, 0.25) is 0 Å². The Hall–Kier alpha value is -0.0800. The summed E-state index contributed by atoms with van der Waals surface area (Å²) < 4.78 is 0. The number of nitrogens with two attached hydrogens (primary N) is 1. The molecule has 2 atom stereocenters. The van der Waals surface area contributed by atoms with E-state index < -0.39 is 0 Å². The molecule has 1 aliphatic rings. The minimum atomic E-state index is 0.379. The van der Waals surface area contributed by atoms with Crippen LogP contribution in [0.15, 0.2) is 0 Å². The van der Waals surface area contributed by atoms with Crippen LogP contribution in [0.5, 0.6) is 0 Å². The van der Waals surface area contributed by atoms with E-state index in [-0.39, 0.29) is 0 Å². The Labute approximate surface area is 95.2 Å². The molecule has 90 valence electrons. The van der Waals surface area contributed by atoms with E-state index in [9.17, 15) is 0 Å². The first-order chi connectivity index (χ1) is 7.12. The van der Waals surface area contributed by atoms with Crippen LogP contribution in [0.2, 0.25) is 0 Å². The molecule has 0 aromatic heterocycles. The van der Waals surface area contributed by atoms with Crippen molar-refractivity contribution in [1.82, 2.24) is 4.90 Å². The van der Waals surface area contributed by atoms with E-state index in [0.717, 1.165) is 0 Å². The Balaban J connectivity index is 2.48. The molecule has 0 heterocycles. The van der Waals surface area contributed by atoms with Gasteiger partial charge in [0.15, 0.2) is 0 Å². The third kappa shape index (κ3) is 3.46. The fraction of sp³-hybridized carbons (Fsp3) is 1.00. The van der Waals surface area contributed by atoms with Gasteiger partial charge in [-0.25, -0.2) is 0 Å². The van der Waals surface area contributed by atoms with E-state index in [1.54, 1.807) is 0 Å². The molecule has 1 rings (SSSR count). The summed E-state index contributed by atoms with van der Waals surface area (Å²) in [5.41, 5.74) is 6.61. The van der Waals surface area contributed by atoms with Crippen molar-refractivity contribution in [2.75, 3.05) is 19.6 Å². The van der Waals surface area contributed by atoms with Gasteiger partial charge in [0.25, 0.3) is 0 Å². The molecular weight excluding hydrogens is 184 g/mol. The molecule has 0 saturated heterocycles. The highest BCUT2D eigenvalue weighted by Gasteiger charge is 2.37. The Kier molecular flexibility index (Phi) is 5.07. The van der Waals surface area contributed by atoms with Crippen molar-refractivity contribution in [3.63, 3.8) is 0 Å². The quantitative estimate of drug-likeness (QED) is 0.733. The Morgan fingerprint density at radius 3 is 2.27 bits per heavy atom. The molecule has 2 N–H and O–H groups in total. The molecule has 0 aliphatic heterocycles. The second-order valence-corrected chi connectivity index (χ2v) is 5.43. The van der Waals surface area contributed by atoms with Gasteiger partial charge in [0.1, 0.15) is 0 Å². The van der Waals surface area contributed by atoms with E-state index >= 15 is 0 Å². The summed E-state index contributed by atoms with van der Waals surface area (Å²) in [6.07, 6.45) is 6.38. The van der Waals surface area contributed by atoms with Crippen LogP contribution in [0.3, 0.4) is 0 Å². The molecule has 1 fully saturated rings. The van der Waals surface area contributed by atoms with Gasteiger partial charge >= 0.3 is 0 Å².